The second kappa shape index (κ2) is 7.89. The molecule has 3 aliphatic rings. The normalized spacial score (nSPS) is 25.0. The zero-order valence-corrected chi connectivity index (χ0v) is 18.4. The summed E-state index contributed by atoms with van der Waals surface area (Å²) in [5, 5.41) is 21.6. The van der Waals surface area contributed by atoms with Crippen LogP contribution in [0.3, 0.4) is 0 Å². The van der Waals surface area contributed by atoms with Gasteiger partial charge in [0.2, 0.25) is 0 Å². The van der Waals surface area contributed by atoms with Gasteiger partial charge in [0.25, 0.3) is 5.92 Å². The average Bonchev–Trinajstić information content (AvgIpc) is 3.23. The molecule has 1 aromatic heterocycles. The van der Waals surface area contributed by atoms with Crippen LogP contribution in [-0.2, 0) is 17.6 Å². The summed E-state index contributed by atoms with van der Waals surface area (Å²) < 4.78 is 103. The monoisotopic (exact) mass is 516 g/mol. The number of alkyl halides is 5. The summed E-state index contributed by atoms with van der Waals surface area (Å²) in [5.41, 5.74) is -5.56. The van der Waals surface area contributed by atoms with Crippen molar-refractivity contribution >= 4 is 0 Å². The molecule has 36 heavy (non-hydrogen) atoms. The Morgan fingerprint density at radius 1 is 0.972 bits per heavy atom. The lowest BCUT2D eigenvalue weighted by atomic mass is 9.30. The summed E-state index contributed by atoms with van der Waals surface area (Å²) in [6.45, 7) is -2.33. The van der Waals surface area contributed by atoms with Gasteiger partial charge in [-0.25, -0.2) is 22.2 Å². The molecule has 0 radical (unpaired) electrons. The van der Waals surface area contributed by atoms with Crippen LogP contribution in [0.2, 0.25) is 0 Å². The van der Waals surface area contributed by atoms with Gasteiger partial charge in [0.1, 0.15) is 23.7 Å². The Hall–Kier alpha value is -3.22. The maximum Gasteiger partial charge on any atom is 0.422 e. The molecule has 3 aliphatic carbocycles. The SMILES string of the molecule is OC(Cn1cnnn1)(c1ccc(F)cc1F)C(F)(F)C12CC(c3ccc(OCC(F)(F)F)cc3)(C1)C2. The number of ether oxygens (including phenoxy) is 1. The van der Waals surface area contributed by atoms with Gasteiger partial charge in [0, 0.05) is 17.0 Å². The number of tetrazole rings is 1. The molecule has 13 heteroatoms. The van der Waals surface area contributed by atoms with Crippen molar-refractivity contribution in [2.45, 2.75) is 48.9 Å². The molecule has 2 bridgehead atoms. The van der Waals surface area contributed by atoms with E-state index in [1.54, 1.807) is 0 Å². The van der Waals surface area contributed by atoms with Crippen molar-refractivity contribution in [1.82, 2.24) is 20.2 Å². The molecule has 6 rings (SSSR count). The first-order valence-electron chi connectivity index (χ1n) is 10.9. The Morgan fingerprint density at radius 3 is 2.19 bits per heavy atom. The zero-order chi connectivity index (χ0) is 26.0. The van der Waals surface area contributed by atoms with Crippen LogP contribution in [0.4, 0.5) is 30.7 Å². The van der Waals surface area contributed by atoms with Gasteiger partial charge in [-0.15, -0.1) is 5.10 Å². The quantitative estimate of drug-likeness (QED) is 0.446. The van der Waals surface area contributed by atoms with Gasteiger partial charge in [0.05, 0.1) is 6.54 Å². The van der Waals surface area contributed by atoms with Crippen LogP contribution in [0.1, 0.15) is 30.4 Å². The van der Waals surface area contributed by atoms with E-state index in [1.807, 2.05) is 0 Å². The molecule has 3 saturated carbocycles. The number of hydrogen-bond donors (Lipinski definition) is 1. The molecule has 0 aliphatic heterocycles. The molecule has 192 valence electrons. The fraction of sp³-hybridized carbons (Fsp3) is 0.435. The van der Waals surface area contributed by atoms with E-state index in [9.17, 15) is 27.1 Å². The van der Waals surface area contributed by atoms with E-state index in [1.165, 1.54) is 24.3 Å². The first-order valence-corrected chi connectivity index (χ1v) is 10.9. The minimum Gasteiger partial charge on any atom is -0.484 e. The van der Waals surface area contributed by atoms with E-state index in [4.69, 9.17) is 0 Å². The topological polar surface area (TPSA) is 73.1 Å². The smallest absolute Gasteiger partial charge is 0.422 e. The fourth-order valence-electron chi connectivity index (χ4n) is 5.60. The highest BCUT2D eigenvalue weighted by Crippen LogP contribution is 2.80. The van der Waals surface area contributed by atoms with Gasteiger partial charge in [-0.1, -0.05) is 12.1 Å². The molecular formula is C23H19F7N4O2. The predicted octanol–water partition coefficient (Wildman–Crippen LogP) is 4.54. The van der Waals surface area contributed by atoms with Crippen LogP contribution in [0, 0.1) is 17.0 Å². The summed E-state index contributed by atoms with van der Waals surface area (Å²) in [4.78, 5) is 0. The van der Waals surface area contributed by atoms with E-state index in [0.29, 0.717) is 11.6 Å². The number of aliphatic hydroxyl groups is 1. The van der Waals surface area contributed by atoms with Gasteiger partial charge in [-0.3, -0.25) is 0 Å². The lowest BCUT2D eigenvalue weighted by Crippen LogP contribution is -2.76. The summed E-state index contributed by atoms with van der Waals surface area (Å²) >= 11 is 0. The Balaban J connectivity index is 1.39. The highest BCUT2D eigenvalue weighted by molar-refractivity contribution is 5.44. The Kier molecular flexibility index (Phi) is 5.36. The van der Waals surface area contributed by atoms with Crippen molar-refractivity contribution in [2.24, 2.45) is 5.41 Å². The van der Waals surface area contributed by atoms with Crippen LogP contribution < -0.4 is 4.74 Å². The molecule has 0 spiro atoms. The largest absolute Gasteiger partial charge is 0.484 e. The minimum atomic E-state index is -4.49. The molecule has 1 atom stereocenters. The fourth-order valence-corrected chi connectivity index (χ4v) is 5.60. The number of hydrogen-bond acceptors (Lipinski definition) is 5. The first kappa shape index (κ1) is 24.5. The Morgan fingerprint density at radius 2 is 1.64 bits per heavy atom. The van der Waals surface area contributed by atoms with E-state index in [-0.39, 0.29) is 25.0 Å². The molecule has 1 unspecified atom stereocenters. The Labute approximate surface area is 199 Å². The molecule has 0 saturated heterocycles. The number of nitrogens with zero attached hydrogens (tertiary/aromatic N) is 4. The molecule has 1 heterocycles. The predicted molar refractivity (Wildman–Crippen MR) is 109 cm³/mol. The van der Waals surface area contributed by atoms with Gasteiger partial charge in [0.15, 0.2) is 12.2 Å². The van der Waals surface area contributed by atoms with Gasteiger partial charge >= 0.3 is 6.18 Å². The lowest BCUT2D eigenvalue weighted by molar-refractivity contribution is -0.347. The minimum absolute atomic E-state index is 0.00897. The number of halogens is 7. The average molecular weight is 516 g/mol. The molecule has 0 amide bonds. The van der Waals surface area contributed by atoms with Crippen molar-refractivity contribution in [3.05, 3.63) is 71.6 Å². The third-order valence-corrected chi connectivity index (χ3v) is 7.24. The van der Waals surface area contributed by atoms with Crippen molar-refractivity contribution in [2.75, 3.05) is 6.61 Å². The van der Waals surface area contributed by atoms with Gasteiger partial charge < -0.3 is 9.84 Å². The lowest BCUT2D eigenvalue weighted by Gasteiger charge is -2.74. The molecule has 2 aromatic carbocycles. The number of aromatic nitrogens is 4. The van der Waals surface area contributed by atoms with E-state index >= 15 is 8.78 Å². The maximum absolute atomic E-state index is 16.1. The summed E-state index contributed by atoms with van der Waals surface area (Å²) in [7, 11) is 0. The van der Waals surface area contributed by atoms with Crippen LogP contribution >= 0.6 is 0 Å². The highest BCUT2D eigenvalue weighted by atomic mass is 19.4. The number of benzene rings is 2. The molecule has 3 aromatic rings. The summed E-state index contributed by atoms with van der Waals surface area (Å²) in [5.74, 6) is -6.20. The van der Waals surface area contributed by atoms with Crippen molar-refractivity contribution < 1.29 is 40.6 Å². The molecule has 6 nitrogen and oxygen atoms in total. The third kappa shape index (κ3) is 3.71. The van der Waals surface area contributed by atoms with Crippen LogP contribution in [0.25, 0.3) is 0 Å². The van der Waals surface area contributed by atoms with Crippen molar-refractivity contribution in [1.29, 1.82) is 0 Å². The second-order valence-electron chi connectivity index (χ2n) is 9.59. The Bertz CT molecular complexity index is 1240. The standard InChI is InChI=1S/C23H19F7N4O2/c24-15-3-6-17(18(25)7-15)21(35,11-34-13-31-32-33-34)23(29,30)20-8-19(9-20,10-20)14-1-4-16(5-2-14)36-12-22(26,27)28/h1-7,13,35H,8-12H2. The van der Waals surface area contributed by atoms with Crippen LogP contribution in [-0.4, -0.2) is 44.0 Å². The van der Waals surface area contributed by atoms with E-state index in [0.717, 1.165) is 23.1 Å². The first-order chi connectivity index (χ1) is 16.8. The molecule has 1 N–H and O–H groups in total. The van der Waals surface area contributed by atoms with Crippen LogP contribution in [0.5, 0.6) is 5.75 Å². The van der Waals surface area contributed by atoms with Crippen molar-refractivity contribution in [3.63, 3.8) is 0 Å². The summed E-state index contributed by atoms with van der Waals surface area (Å²) in [6.07, 6.45) is -3.63. The van der Waals surface area contributed by atoms with Gasteiger partial charge in [-0.05, 0) is 64.9 Å². The second-order valence-corrected chi connectivity index (χ2v) is 9.59. The van der Waals surface area contributed by atoms with E-state index in [2.05, 4.69) is 20.3 Å². The van der Waals surface area contributed by atoms with Gasteiger partial charge in [-0.2, -0.15) is 13.2 Å². The summed E-state index contributed by atoms with van der Waals surface area (Å²) in [6, 6.07) is 7.72. The zero-order valence-electron chi connectivity index (χ0n) is 18.4. The maximum atomic E-state index is 16.1. The highest BCUT2D eigenvalue weighted by Gasteiger charge is 2.82. The van der Waals surface area contributed by atoms with Crippen LogP contribution in [0.15, 0.2) is 48.8 Å². The number of rotatable bonds is 8. The van der Waals surface area contributed by atoms with E-state index < -0.39 is 58.9 Å². The van der Waals surface area contributed by atoms with Crippen molar-refractivity contribution in [3.8, 4) is 5.75 Å². The molecular weight excluding hydrogens is 497 g/mol. The molecule has 3 fully saturated rings. The third-order valence-electron chi connectivity index (χ3n) is 7.24.